The Balaban J connectivity index is 0.000000449. The number of nitrogens with one attached hydrogen (secondary N) is 2. The smallest absolute Gasteiger partial charge is 0.260 e. The number of alkyl halides is 2. The van der Waals surface area contributed by atoms with E-state index in [1.54, 1.807) is 37.5 Å². The Morgan fingerprint density at radius 3 is 2.22 bits per heavy atom. The Hall–Kier alpha value is -2.29. The predicted octanol–water partition coefficient (Wildman–Crippen LogP) is 6.14. The van der Waals surface area contributed by atoms with Gasteiger partial charge in [0.25, 0.3) is 5.91 Å². The number of halogens is 4. The number of rotatable bonds is 9. The third-order valence-electron chi connectivity index (χ3n) is 5.40. The fourth-order valence-electron chi connectivity index (χ4n) is 3.25. The summed E-state index contributed by atoms with van der Waals surface area (Å²) in [6.07, 6.45) is 1.55. The van der Waals surface area contributed by atoms with Gasteiger partial charge >= 0.3 is 0 Å². The summed E-state index contributed by atoms with van der Waals surface area (Å²) in [5.41, 5.74) is 2.30. The van der Waals surface area contributed by atoms with Crippen LogP contribution < -0.4 is 15.5 Å². The summed E-state index contributed by atoms with van der Waals surface area (Å²) in [6.45, 7) is 6.24. The van der Waals surface area contributed by atoms with Gasteiger partial charge in [-0.05, 0) is 49.7 Å². The molecule has 0 bridgehead atoms. The second-order valence-corrected chi connectivity index (χ2v) is 10.4. The van der Waals surface area contributed by atoms with Crippen molar-refractivity contribution >= 4 is 63.9 Å². The van der Waals surface area contributed by atoms with Gasteiger partial charge in [0.2, 0.25) is 5.91 Å². The van der Waals surface area contributed by atoms with Crippen molar-refractivity contribution < 1.29 is 14.1 Å². The number of hydrogen-bond donors (Lipinski definition) is 2. The van der Waals surface area contributed by atoms with Crippen LogP contribution in [0, 0.1) is 12.8 Å². The monoisotopic (exact) mass is 586 g/mol. The summed E-state index contributed by atoms with van der Waals surface area (Å²) in [6, 6.07) is 14.1. The van der Waals surface area contributed by atoms with E-state index < -0.39 is 10.7 Å². The zero-order valence-electron chi connectivity index (χ0n) is 21.0. The van der Waals surface area contributed by atoms with Gasteiger partial charge in [-0.15, -0.1) is 0 Å². The van der Waals surface area contributed by atoms with Crippen LogP contribution in [0.4, 0.5) is 5.69 Å². The molecule has 3 aromatic rings. The number of carbonyl (C=O) groups is 2. The number of aromatic nitrogens is 1. The summed E-state index contributed by atoms with van der Waals surface area (Å²) in [5, 5.41) is 10.9. The Morgan fingerprint density at radius 1 is 1.05 bits per heavy atom. The molecule has 2 amide bonds. The number of benzene rings is 2. The van der Waals surface area contributed by atoms with Gasteiger partial charge in [0.05, 0.1) is 12.7 Å². The van der Waals surface area contributed by atoms with E-state index in [-0.39, 0.29) is 31.0 Å². The molecule has 2 N–H and O–H groups in total. The van der Waals surface area contributed by atoms with E-state index in [2.05, 4.69) is 15.8 Å². The quantitative estimate of drug-likeness (QED) is 0.294. The summed E-state index contributed by atoms with van der Waals surface area (Å²) in [5.74, 6) is 0.0341. The van der Waals surface area contributed by atoms with Crippen LogP contribution in [0.15, 0.2) is 59.3 Å². The fourth-order valence-corrected chi connectivity index (χ4v) is 3.88. The molecule has 1 heterocycles. The van der Waals surface area contributed by atoms with Crippen molar-refractivity contribution in [1.82, 2.24) is 15.8 Å². The average Bonchev–Trinajstić information content (AvgIpc) is 3.40. The molecule has 0 spiro atoms. The van der Waals surface area contributed by atoms with Crippen LogP contribution in [0.3, 0.4) is 0 Å². The molecule has 0 saturated carbocycles. The summed E-state index contributed by atoms with van der Waals surface area (Å²) < 4.78 is 5.19. The molecule has 2 aromatic carbocycles. The number of amides is 2. The summed E-state index contributed by atoms with van der Waals surface area (Å²) >= 11 is 23.2. The van der Waals surface area contributed by atoms with Gasteiger partial charge in [0.15, 0.2) is 10.6 Å². The fraction of sp³-hybridized carbons (Fsp3) is 0.346. The molecule has 0 radical (unpaired) electrons. The van der Waals surface area contributed by atoms with Gasteiger partial charge in [-0.2, -0.15) is 0 Å². The Morgan fingerprint density at radius 2 is 1.70 bits per heavy atom. The molecule has 0 aliphatic rings. The van der Waals surface area contributed by atoms with Crippen LogP contribution >= 0.6 is 46.4 Å². The third kappa shape index (κ3) is 9.51. The lowest BCUT2D eigenvalue weighted by molar-refractivity contribution is -0.121. The van der Waals surface area contributed by atoms with E-state index in [1.807, 2.05) is 45.0 Å². The maximum absolute atomic E-state index is 12.7. The molecule has 1 atom stereocenters. The van der Waals surface area contributed by atoms with Crippen molar-refractivity contribution in [3.05, 3.63) is 70.3 Å². The third-order valence-corrected chi connectivity index (χ3v) is 6.59. The SMILES string of the molecule is CNCC(=O)NC(CN(C(=O)C(Cl)Cl)c1cccc(-c2ccno2)c1)C(C)C.Cc1c(Cl)cccc1Cl. The van der Waals surface area contributed by atoms with E-state index in [0.29, 0.717) is 11.4 Å². The number of anilines is 1. The zero-order valence-corrected chi connectivity index (χ0v) is 24.0. The van der Waals surface area contributed by atoms with Gasteiger partial charge < -0.3 is 20.1 Å². The van der Waals surface area contributed by atoms with Crippen molar-refractivity contribution in [2.45, 2.75) is 31.6 Å². The highest BCUT2D eigenvalue weighted by Crippen LogP contribution is 2.27. The molecule has 0 saturated heterocycles. The maximum Gasteiger partial charge on any atom is 0.260 e. The van der Waals surface area contributed by atoms with Crippen molar-refractivity contribution in [2.75, 3.05) is 25.0 Å². The number of nitrogens with zero attached hydrogens (tertiary/aromatic N) is 2. The molecule has 1 aromatic heterocycles. The first-order chi connectivity index (χ1) is 17.5. The first-order valence-corrected chi connectivity index (χ1v) is 13.1. The zero-order chi connectivity index (χ0) is 27.5. The van der Waals surface area contributed by atoms with Crippen LogP contribution in [0.5, 0.6) is 0 Å². The van der Waals surface area contributed by atoms with Crippen LogP contribution in [-0.4, -0.2) is 48.0 Å². The van der Waals surface area contributed by atoms with Crippen molar-refractivity contribution in [3.63, 3.8) is 0 Å². The van der Waals surface area contributed by atoms with E-state index in [9.17, 15) is 9.59 Å². The highest BCUT2D eigenvalue weighted by molar-refractivity contribution is 6.54. The van der Waals surface area contributed by atoms with Gasteiger partial charge in [-0.25, -0.2) is 0 Å². The van der Waals surface area contributed by atoms with Gasteiger partial charge in [-0.1, -0.05) is 83.6 Å². The number of likely N-dealkylation sites (N-methyl/N-ethyl adjacent to an activating group) is 1. The predicted molar refractivity (Wildman–Crippen MR) is 152 cm³/mol. The summed E-state index contributed by atoms with van der Waals surface area (Å²) in [4.78, 5) is 25.0. The minimum Gasteiger partial charge on any atom is -0.356 e. The molecule has 3 rings (SSSR count). The lowest BCUT2D eigenvalue weighted by Crippen LogP contribution is -2.51. The highest BCUT2D eigenvalue weighted by atomic mass is 35.5. The molecule has 200 valence electrons. The molecule has 0 aliphatic carbocycles. The largest absolute Gasteiger partial charge is 0.356 e. The molecule has 0 aliphatic heterocycles. The van der Waals surface area contributed by atoms with Crippen LogP contribution in [0.1, 0.15) is 19.4 Å². The number of carbonyl (C=O) groups excluding carboxylic acids is 2. The second-order valence-electron chi connectivity index (χ2n) is 8.47. The van der Waals surface area contributed by atoms with Crippen molar-refractivity contribution in [2.24, 2.45) is 5.92 Å². The topological polar surface area (TPSA) is 87.5 Å². The number of hydrogen-bond acceptors (Lipinski definition) is 5. The highest BCUT2D eigenvalue weighted by Gasteiger charge is 2.27. The first-order valence-electron chi connectivity index (χ1n) is 11.5. The molecule has 0 fully saturated rings. The molecule has 37 heavy (non-hydrogen) atoms. The lowest BCUT2D eigenvalue weighted by atomic mass is 10.0. The molecule has 1 unspecified atom stereocenters. The molecular weight excluding hydrogens is 558 g/mol. The van der Waals surface area contributed by atoms with E-state index in [0.717, 1.165) is 21.2 Å². The lowest BCUT2D eigenvalue weighted by Gasteiger charge is -2.31. The van der Waals surface area contributed by atoms with E-state index in [1.165, 1.54) is 4.90 Å². The van der Waals surface area contributed by atoms with Crippen LogP contribution in [0.2, 0.25) is 10.0 Å². The minimum atomic E-state index is -1.23. The standard InChI is InChI=1S/C19H24Cl2N4O3.C7H6Cl2/c1-12(2)15(24-17(26)10-22-3)11-25(19(27)18(20)21)14-6-4-5-13(9-14)16-7-8-23-28-16;1-5-6(8)3-2-4-7(5)9/h4-9,12,15,18,22H,10-11H2,1-3H3,(H,24,26);2-4H,1H3. The first kappa shape index (κ1) is 30.9. The van der Waals surface area contributed by atoms with Gasteiger partial charge in [-0.3, -0.25) is 9.59 Å². The Labute approximate surface area is 237 Å². The van der Waals surface area contributed by atoms with Crippen LogP contribution in [-0.2, 0) is 9.59 Å². The van der Waals surface area contributed by atoms with Crippen LogP contribution in [0.25, 0.3) is 11.3 Å². The summed E-state index contributed by atoms with van der Waals surface area (Å²) in [7, 11) is 1.69. The van der Waals surface area contributed by atoms with E-state index >= 15 is 0 Å². The van der Waals surface area contributed by atoms with Crippen molar-refractivity contribution in [1.29, 1.82) is 0 Å². The average molecular weight is 588 g/mol. The second kappa shape index (κ2) is 15.2. The van der Waals surface area contributed by atoms with Crippen molar-refractivity contribution in [3.8, 4) is 11.3 Å². The molecule has 11 heteroatoms. The Bertz CT molecular complexity index is 1140. The molecule has 7 nitrogen and oxygen atoms in total. The van der Waals surface area contributed by atoms with Gasteiger partial charge in [0, 0.05) is 39.9 Å². The van der Waals surface area contributed by atoms with E-state index in [4.69, 9.17) is 50.9 Å². The minimum absolute atomic E-state index is 0.0812. The normalized spacial score (nSPS) is 11.6. The molecular formula is C26H30Cl4N4O3. The van der Waals surface area contributed by atoms with Gasteiger partial charge in [0.1, 0.15) is 0 Å². The Kier molecular flexibility index (Phi) is 12.7. The maximum atomic E-state index is 12.7.